The third kappa shape index (κ3) is 9.05. The minimum Gasteiger partial charge on any atom is -0.478 e. The summed E-state index contributed by atoms with van der Waals surface area (Å²) in [5, 5.41) is 28.8. The Balaban J connectivity index is 0.000000226. The van der Waals surface area contributed by atoms with Crippen LogP contribution in [0.15, 0.2) is 72.8 Å². The van der Waals surface area contributed by atoms with Gasteiger partial charge < -0.3 is 19.8 Å². The predicted octanol–water partition coefficient (Wildman–Crippen LogP) is 8.76. The summed E-state index contributed by atoms with van der Waals surface area (Å²) < 4.78 is 0. The van der Waals surface area contributed by atoms with Crippen molar-refractivity contribution < 1.29 is 24.3 Å². The zero-order valence-corrected chi connectivity index (χ0v) is 35.1. The van der Waals surface area contributed by atoms with Gasteiger partial charge in [-0.3, -0.25) is 14.4 Å². The normalized spacial score (nSPS) is 15.7. The first-order valence-electron chi connectivity index (χ1n) is 19.3. The number of carbonyl (C=O) groups excluding carboxylic acids is 3. The van der Waals surface area contributed by atoms with Gasteiger partial charge in [-0.15, -0.1) is 0 Å². The van der Waals surface area contributed by atoms with Crippen molar-refractivity contribution >= 4 is 46.9 Å². The molecule has 6 rings (SSSR count). The van der Waals surface area contributed by atoms with E-state index in [0.29, 0.717) is 63.8 Å². The highest BCUT2D eigenvalue weighted by Crippen LogP contribution is 2.35. The number of carboxylic acid groups (broad SMARTS) is 1. The monoisotopic (exact) mass is 819 g/mol. The fraction of sp³-hybridized carbons (Fsp3) is 0.348. The van der Waals surface area contributed by atoms with Crippen LogP contribution in [0.5, 0.6) is 0 Å². The standard InChI is InChI=1S/C26H30ClN3O2.C20H17ClN2O3/c1-16(2)30(17(3)4)26(32)22-10-7-9-20-18(5)29(13-12-21(20)22)25(31)14-23-19(15-28)8-6-11-24(23)27;1-12-14-5-3-6-16(20(25)26)15(14)8-9-23(12)19(24)10-17-13(11-22)4-2-7-18(17)21/h6-11,16-18H,12-14H2,1-5H3;2-7,12H,8-10H2,1H3,(H,25,26)/t18-;12-/m00/s1. The minimum absolute atomic E-state index is 0.0357. The van der Waals surface area contributed by atoms with E-state index in [1.807, 2.05) is 75.6 Å². The number of carbonyl (C=O) groups is 4. The molecule has 0 unspecified atom stereocenters. The number of hydrogen-bond donors (Lipinski definition) is 1. The van der Waals surface area contributed by atoms with Crippen molar-refractivity contribution in [3.63, 3.8) is 0 Å². The lowest BCUT2D eigenvalue weighted by atomic mass is 9.88. The number of carboxylic acids is 1. The first-order chi connectivity index (χ1) is 27.6. The average molecular weight is 821 g/mol. The van der Waals surface area contributed by atoms with Crippen LogP contribution in [0.1, 0.15) is 119 Å². The molecule has 0 saturated heterocycles. The molecular weight excluding hydrogens is 773 g/mol. The molecule has 300 valence electrons. The second kappa shape index (κ2) is 18.7. The number of halogens is 2. The van der Waals surface area contributed by atoms with Gasteiger partial charge in [0.1, 0.15) is 0 Å². The molecule has 1 N–H and O–H groups in total. The molecule has 0 aliphatic carbocycles. The van der Waals surface area contributed by atoms with Crippen LogP contribution < -0.4 is 0 Å². The van der Waals surface area contributed by atoms with Crippen LogP contribution in [0.25, 0.3) is 0 Å². The van der Waals surface area contributed by atoms with Crippen molar-refractivity contribution in [3.05, 3.63) is 138 Å². The van der Waals surface area contributed by atoms with Crippen LogP contribution in [-0.4, -0.2) is 68.7 Å². The fourth-order valence-corrected chi connectivity index (χ4v) is 8.70. The van der Waals surface area contributed by atoms with Crippen molar-refractivity contribution in [1.82, 2.24) is 14.7 Å². The van der Waals surface area contributed by atoms with Crippen molar-refractivity contribution in [2.75, 3.05) is 13.1 Å². The van der Waals surface area contributed by atoms with Gasteiger partial charge in [0.05, 0.1) is 53.8 Å². The quantitative estimate of drug-likeness (QED) is 0.187. The Morgan fingerprint density at radius 2 is 1.09 bits per heavy atom. The molecule has 2 aliphatic rings. The van der Waals surface area contributed by atoms with E-state index in [1.165, 1.54) is 0 Å². The maximum absolute atomic E-state index is 13.4. The second-order valence-electron chi connectivity index (χ2n) is 15.1. The Kier molecular flexibility index (Phi) is 14.0. The molecule has 4 aromatic carbocycles. The van der Waals surface area contributed by atoms with Gasteiger partial charge in [-0.2, -0.15) is 10.5 Å². The smallest absolute Gasteiger partial charge is 0.335 e. The molecule has 2 heterocycles. The summed E-state index contributed by atoms with van der Waals surface area (Å²) in [6.45, 7) is 12.9. The van der Waals surface area contributed by atoms with Crippen molar-refractivity contribution in [3.8, 4) is 12.1 Å². The summed E-state index contributed by atoms with van der Waals surface area (Å²) in [4.78, 5) is 56.3. The van der Waals surface area contributed by atoms with Crippen LogP contribution in [0.3, 0.4) is 0 Å². The lowest BCUT2D eigenvalue weighted by molar-refractivity contribution is -0.133. The molecule has 4 aromatic rings. The molecule has 2 aliphatic heterocycles. The van der Waals surface area contributed by atoms with Crippen LogP contribution in [0.4, 0.5) is 0 Å². The van der Waals surface area contributed by atoms with Gasteiger partial charge in [0.25, 0.3) is 5.91 Å². The van der Waals surface area contributed by atoms with Crippen molar-refractivity contribution in [1.29, 1.82) is 10.5 Å². The number of aromatic carboxylic acids is 1. The van der Waals surface area contributed by atoms with E-state index in [2.05, 4.69) is 12.1 Å². The lowest BCUT2D eigenvalue weighted by Crippen LogP contribution is -2.44. The molecule has 10 nitrogen and oxygen atoms in total. The number of rotatable bonds is 8. The number of amides is 3. The third-order valence-corrected chi connectivity index (χ3v) is 11.8. The molecule has 3 amide bonds. The SMILES string of the molecule is CC(C)N(C(=O)c1cccc2c1CCN(C(=O)Cc1c(Cl)cccc1C#N)[C@H]2C)C(C)C.C[C@H]1c2cccc(C(=O)O)c2CCN1C(=O)Cc1c(Cl)cccc1C#N. The van der Waals surface area contributed by atoms with E-state index >= 15 is 0 Å². The van der Waals surface area contributed by atoms with Crippen molar-refractivity contribution in [2.24, 2.45) is 0 Å². The molecule has 0 radical (unpaired) electrons. The molecule has 12 heteroatoms. The van der Waals surface area contributed by atoms with E-state index in [1.54, 1.807) is 53.4 Å². The summed E-state index contributed by atoms with van der Waals surface area (Å²) in [5.41, 5.74) is 6.58. The molecular formula is C46H47Cl2N5O5. The van der Waals surface area contributed by atoms with Gasteiger partial charge in [-0.25, -0.2) is 4.79 Å². The average Bonchev–Trinajstić information content (AvgIpc) is 3.19. The maximum atomic E-state index is 13.4. The molecule has 0 fully saturated rings. The van der Waals surface area contributed by atoms with Crippen molar-refractivity contribution in [2.45, 2.75) is 91.4 Å². The van der Waals surface area contributed by atoms with Crippen LogP contribution in [-0.2, 0) is 35.3 Å². The summed E-state index contributed by atoms with van der Waals surface area (Å²) in [6.07, 6.45) is 1.22. The molecule has 0 spiro atoms. The number of nitrogens with zero attached hydrogens (tertiary/aromatic N) is 5. The summed E-state index contributed by atoms with van der Waals surface area (Å²) in [7, 11) is 0. The first kappa shape index (κ1) is 43.4. The Morgan fingerprint density at radius 1 is 0.690 bits per heavy atom. The Labute approximate surface area is 350 Å². The highest BCUT2D eigenvalue weighted by molar-refractivity contribution is 6.32. The summed E-state index contributed by atoms with van der Waals surface area (Å²) in [5.74, 6) is -1.12. The van der Waals surface area contributed by atoms with Gasteiger partial charge in [0.15, 0.2) is 0 Å². The van der Waals surface area contributed by atoms with Gasteiger partial charge in [0.2, 0.25) is 11.8 Å². The summed E-state index contributed by atoms with van der Waals surface area (Å²) in [6, 6.07) is 25.0. The second-order valence-corrected chi connectivity index (χ2v) is 15.9. The lowest BCUT2D eigenvalue weighted by Gasteiger charge is -2.37. The third-order valence-electron chi connectivity index (χ3n) is 11.0. The highest BCUT2D eigenvalue weighted by Gasteiger charge is 2.33. The minimum atomic E-state index is -0.955. The number of nitriles is 2. The van der Waals surface area contributed by atoms with E-state index in [4.69, 9.17) is 23.2 Å². The molecule has 2 atom stereocenters. The van der Waals surface area contributed by atoms with Gasteiger partial charge in [-0.1, -0.05) is 59.6 Å². The zero-order valence-electron chi connectivity index (χ0n) is 33.6. The van der Waals surface area contributed by atoms with E-state index in [9.17, 15) is 34.8 Å². The highest BCUT2D eigenvalue weighted by atomic mass is 35.5. The fourth-order valence-electron chi connectivity index (χ4n) is 8.22. The van der Waals surface area contributed by atoms with Crippen LogP contribution in [0, 0.1) is 22.7 Å². The molecule has 0 aromatic heterocycles. The van der Waals surface area contributed by atoms with Gasteiger partial charge in [-0.05, 0) is 124 Å². The first-order valence-corrected chi connectivity index (χ1v) is 20.1. The van der Waals surface area contributed by atoms with Crippen LogP contribution >= 0.6 is 23.2 Å². The molecule has 0 bridgehead atoms. The number of fused-ring (bicyclic) bond motifs is 2. The zero-order chi connectivity index (χ0) is 42.4. The number of hydrogen-bond acceptors (Lipinski definition) is 6. The van der Waals surface area contributed by atoms with Gasteiger partial charge in [0, 0.05) is 40.8 Å². The Morgan fingerprint density at radius 3 is 1.48 bits per heavy atom. The van der Waals surface area contributed by atoms with Crippen LogP contribution in [0.2, 0.25) is 10.0 Å². The number of benzene rings is 4. The topological polar surface area (TPSA) is 146 Å². The predicted molar refractivity (Wildman–Crippen MR) is 224 cm³/mol. The van der Waals surface area contributed by atoms with E-state index in [0.717, 1.165) is 27.8 Å². The van der Waals surface area contributed by atoms with E-state index in [-0.39, 0.29) is 54.7 Å². The Bertz CT molecular complexity index is 2320. The van der Waals surface area contributed by atoms with Gasteiger partial charge >= 0.3 is 5.97 Å². The van der Waals surface area contributed by atoms with E-state index < -0.39 is 5.97 Å². The largest absolute Gasteiger partial charge is 0.478 e. The Hall–Kier alpha value is -5.68. The summed E-state index contributed by atoms with van der Waals surface area (Å²) >= 11 is 12.5. The molecule has 58 heavy (non-hydrogen) atoms. The maximum Gasteiger partial charge on any atom is 0.335 e. The molecule has 0 saturated carbocycles.